The lowest BCUT2D eigenvalue weighted by atomic mass is 10.3. The van der Waals surface area contributed by atoms with E-state index in [0.29, 0.717) is 23.8 Å². The molecule has 2 amide bonds. The predicted octanol–water partition coefficient (Wildman–Crippen LogP) is 2.52. The summed E-state index contributed by atoms with van der Waals surface area (Å²) in [6.45, 7) is 0.404. The number of amides is 2. The molecule has 0 aliphatic heterocycles. The van der Waals surface area contributed by atoms with Crippen LogP contribution in [0.4, 0.5) is 5.69 Å². The van der Waals surface area contributed by atoms with E-state index < -0.39 is 5.91 Å². The summed E-state index contributed by atoms with van der Waals surface area (Å²) in [6, 6.07) is 10.4. The van der Waals surface area contributed by atoms with Crippen molar-refractivity contribution in [1.29, 1.82) is 0 Å². The van der Waals surface area contributed by atoms with Gasteiger partial charge in [0.25, 0.3) is 11.8 Å². The van der Waals surface area contributed by atoms with Crippen molar-refractivity contribution in [3.63, 3.8) is 0 Å². The summed E-state index contributed by atoms with van der Waals surface area (Å²) in [4.78, 5) is 25.4. The molecule has 0 aliphatic rings. The minimum Gasteiger partial charge on any atom is -0.493 e. The largest absolute Gasteiger partial charge is 0.493 e. The van der Waals surface area contributed by atoms with Crippen LogP contribution in [0.3, 0.4) is 0 Å². The first-order valence-electron chi connectivity index (χ1n) is 10.4. The molecule has 4 aromatic rings. The van der Waals surface area contributed by atoms with Crippen molar-refractivity contribution >= 4 is 17.5 Å². The lowest BCUT2D eigenvalue weighted by Gasteiger charge is -2.09. The average molecular weight is 464 g/mol. The molecule has 0 aliphatic carbocycles. The van der Waals surface area contributed by atoms with Crippen molar-refractivity contribution in [2.24, 2.45) is 14.1 Å². The Morgan fingerprint density at radius 2 is 1.82 bits per heavy atom. The Balaban J connectivity index is 1.38. The van der Waals surface area contributed by atoms with Crippen LogP contribution in [-0.4, -0.2) is 38.5 Å². The monoisotopic (exact) mass is 464 g/mol. The lowest BCUT2D eigenvalue weighted by molar-refractivity contribution is 0.0942. The number of carbonyl (C=O) groups is 2. The third-order valence-corrected chi connectivity index (χ3v) is 4.94. The van der Waals surface area contributed by atoms with Gasteiger partial charge in [0.15, 0.2) is 17.3 Å². The third-order valence-electron chi connectivity index (χ3n) is 4.94. The van der Waals surface area contributed by atoms with Gasteiger partial charge in [-0.2, -0.15) is 10.2 Å². The van der Waals surface area contributed by atoms with Crippen LogP contribution in [-0.2, 0) is 27.2 Å². The number of rotatable bonds is 9. The summed E-state index contributed by atoms with van der Waals surface area (Å²) in [5.41, 5.74) is 1.32. The number of methoxy groups -OCH3 is 1. The van der Waals surface area contributed by atoms with E-state index >= 15 is 0 Å². The fourth-order valence-corrected chi connectivity index (χ4v) is 3.28. The molecule has 0 atom stereocenters. The molecule has 34 heavy (non-hydrogen) atoms. The number of nitrogens with one attached hydrogen (secondary N) is 2. The highest BCUT2D eigenvalue weighted by Gasteiger charge is 2.21. The Morgan fingerprint density at radius 3 is 2.56 bits per heavy atom. The fraction of sp³-hybridized carbons (Fsp3) is 0.217. The smallest absolute Gasteiger partial charge is 0.291 e. The topological polar surface area (TPSA) is 125 Å². The van der Waals surface area contributed by atoms with Crippen LogP contribution in [0, 0.1) is 0 Å². The Kier molecular flexibility index (Phi) is 6.62. The average Bonchev–Trinajstić information content (AvgIpc) is 3.56. The van der Waals surface area contributed by atoms with Gasteiger partial charge in [-0.3, -0.25) is 19.0 Å². The summed E-state index contributed by atoms with van der Waals surface area (Å²) in [5, 5.41) is 13.6. The van der Waals surface area contributed by atoms with Crippen LogP contribution in [0.5, 0.6) is 11.5 Å². The molecule has 3 aromatic heterocycles. The van der Waals surface area contributed by atoms with Crippen LogP contribution < -0.4 is 20.1 Å². The zero-order valence-corrected chi connectivity index (χ0v) is 18.9. The second-order valence-corrected chi connectivity index (χ2v) is 7.40. The molecule has 0 bridgehead atoms. The number of ether oxygens (including phenoxy) is 2. The molecule has 0 saturated carbocycles. The van der Waals surface area contributed by atoms with Gasteiger partial charge in [0.05, 0.1) is 25.2 Å². The number of carbonyl (C=O) groups excluding carboxylic acids is 2. The maximum Gasteiger partial charge on any atom is 0.291 e. The summed E-state index contributed by atoms with van der Waals surface area (Å²) in [6.07, 6.45) is 4.88. The fourth-order valence-electron chi connectivity index (χ4n) is 3.28. The summed E-state index contributed by atoms with van der Waals surface area (Å²) < 4.78 is 19.6. The van der Waals surface area contributed by atoms with E-state index in [4.69, 9.17) is 13.9 Å². The first kappa shape index (κ1) is 22.6. The van der Waals surface area contributed by atoms with Crippen molar-refractivity contribution < 1.29 is 23.5 Å². The molecule has 11 nitrogen and oxygen atoms in total. The molecular formula is C23H24N6O5. The third kappa shape index (κ3) is 5.09. The number of anilines is 1. The second kappa shape index (κ2) is 9.94. The zero-order valence-electron chi connectivity index (χ0n) is 18.9. The van der Waals surface area contributed by atoms with Crippen molar-refractivity contribution in [2.75, 3.05) is 12.4 Å². The maximum absolute atomic E-state index is 12.7. The zero-order chi connectivity index (χ0) is 24.1. The molecule has 11 heteroatoms. The van der Waals surface area contributed by atoms with E-state index in [1.807, 2.05) is 12.1 Å². The van der Waals surface area contributed by atoms with E-state index in [9.17, 15) is 9.59 Å². The number of benzene rings is 1. The van der Waals surface area contributed by atoms with E-state index in [2.05, 4.69) is 20.8 Å². The van der Waals surface area contributed by atoms with Crippen molar-refractivity contribution in [3.8, 4) is 11.5 Å². The second-order valence-electron chi connectivity index (χ2n) is 7.40. The summed E-state index contributed by atoms with van der Waals surface area (Å²) >= 11 is 0. The first-order chi connectivity index (χ1) is 16.4. The van der Waals surface area contributed by atoms with Crippen molar-refractivity contribution in [2.45, 2.75) is 13.2 Å². The van der Waals surface area contributed by atoms with Crippen LogP contribution in [0.2, 0.25) is 0 Å². The first-order valence-corrected chi connectivity index (χ1v) is 10.4. The van der Waals surface area contributed by atoms with Crippen LogP contribution >= 0.6 is 0 Å². The molecule has 0 radical (unpaired) electrons. The minimum absolute atomic E-state index is 0.0733. The maximum atomic E-state index is 12.7. The standard InChI is InChI=1S/C23H24N6O5/c1-28-13-15(11-25-28)10-24-23(31)21-17(12-26-29(21)2)27-22(30)20-9-8-16(34-20)14-33-19-7-5-4-6-18(19)32-3/h4-9,11-13H,10,14H2,1-3H3,(H,24,31)(H,27,30). The highest BCUT2D eigenvalue weighted by atomic mass is 16.5. The van der Waals surface area contributed by atoms with Crippen molar-refractivity contribution in [3.05, 3.63) is 77.8 Å². The Labute approximate surface area is 195 Å². The van der Waals surface area contributed by atoms with Gasteiger partial charge in [-0.05, 0) is 24.3 Å². The van der Waals surface area contributed by atoms with Gasteiger partial charge in [-0.25, -0.2) is 0 Å². The van der Waals surface area contributed by atoms with Crippen LogP contribution in [0.1, 0.15) is 32.4 Å². The quantitative estimate of drug-likeness (QED) is 0.390. The number of aryl methyl sites for hydroxylation is 2. The van der Waals surface area contributed by atoms with Crippen LogP contribution in [0.25, 0.3) is 0 Å². The van der Waals surface area contributed by atoms with Gasteiger partial charge in [0.1, 0.15) is 18.1 Å². The minimum atomic E-state index is -0.516. The number of aromatic nitrogens is 4. The summed E-state index contributed by atoms with van der Waals surface area (Å²) in [7, 11) is 4.98. The SMILES string of the molecule is COc1ccccc1OCc1ccc(C(=O)Nc2cnn(C)c2C(=O)NCc2cnn(C)c2)o1. The summed E-state index contributed by atoms with van der Waals surface area (Å²) in [5.74, 6) is 0.783. The van der Waals surface area contributed by atoms with E-state index in [1.165, 1.54) is 16.9 Å². The highest BCUT2D eigenvalue weighted by Crippen LogP contribution is 2.27. The Hall–Kier alpha value is -4.54. The van der Waals surface area contributed by atoms with Gasteiger partial charge in [0, 0.05) is 32.4 Å². The van der Waals surface area contributed by atoms with Gasteiger partial charge in [-0.15, -0.1) is 0 Å². The lowest BCUT2D eigenvalue weighted by Crippen LogP contribution is -2.26. The van der Waals surface area contributed by atoms with Crippen LogP contribution in [0.15, 0.2) is 59.4 Å². The van der Waals surface area contributed by atoms with Gasteiger partial charge in [0.2, 0.25) is 0 Å². The number of nitrogens with zero attached hydrogens (tertiary/aromatic N) is 4. The molecule has 0 fully saturated rings. The van der Waals surface area contributed by atoms with E-state index in [1.54, 1.807) is 56.5 Å². The number of hydrogen-bond donors (Lipinski definition) is 2. The van der Waals surface area contributed by atoms with E-state index in [0.717, 1.165) is 5.56 Å². The molecular weight excluding hydrogens is 440 g/mol. The highest BCUT2D eigenvalue weighted by molar-refractivity contribution is 6.07. The van der Waals surface area contributed by atoms with Gasteiger partial charge >= 0.3 is 0 Å². The molecule has 0 spiro atoms. The molecule has 3 heterocycles. The van der Waals surface area contributed by atoms with Gasteiger partial charge in [-0.1, -0.05) is 12.1 Å². The van der Waals surface area contributed by atoms with Crippen molar-refractivity contribution in [1.82, 2.24) is 24.9 Å². The number of hydrogen-bond acceptors (Lipinski definition) is 7. The molecule has 176 valence electrons. The molecule has 4 rings (SSSR count). The Bertz CT molecular complexity index is 1300. The molecule has 0 unspecified atom stereocenters. The molecule has 2 N–H and O–H groups in total. The number of furan rings is 1. The Morgan fingerprint density at radius 1 is 1.03 bits per heavy atom. The number of para-hydroxylation sites is 2. The molecule has 1 aromatic carbocycles. The molecule has 0 saturated heterocycles. The normalized spacial score (nSPS) is 10.7. The van der Waals surface area contributed by atoms with Gasteiger partial charge < -0.3 is 24.5 Å². The van der Waals surface area contributed by atoms with E-state index in [-0.39, 0.29) is 29.7 Å². The predicted molar refractivity (Wildman–Crippen MR) is 122 cm³/mol.